The maximum atomic E-state index is 5.69. The molecule has 0 aromatic heterocycles. The molecule has 0 saturated carbocycles. The Morgan fingerprint density at radius 3 is 1.64 bits per heavy atom. The molecule has 0 heterocycles. The Kier molecular flexibility index (Phi) is 10.6. The summed E-state index contributed by atoms with van der Waals surface area (Å²) in [4.78, 5) is 0. The Morgan fingerprint density at radius 2 is 1.23 bits per heavy atom. The predicted molar refractivity (Wildman–Crippen MR) is 93.9 cm³/mol. The number of ether oxygens (including phenoxy) is 3. The summed E-state index contributed by atoms with van der Waals surface area (Å²) in [6.07, 6.45) is 8.84. The van der Waals surface area contributed by atoms with E-state index in [1.807, 2.05) is 0 Å². The third-order valence-electron chi connectivity index (χ3n) is 5.51. The average Bonchev–Trinajstić information content (AvgIpc) is 2.50. The van der Waals surface area contributed by atoms with E-state index in [1.165, 1.54) is 38.5 Å². The van der Waals surface area contributed by atoms with Gasteiger partial charge in [-0.1, -0.05) is 73.1 Å². The first-order valence-electron chi connectivity index (χ1n) is 8.97. The van der Waals surface area contributed by atoms with E-state index in [4.69, 9.17) is 14.2 Å². The quantitative estimate of drug-likeness (QED) is 0.325. The summed E-state index contributed by atoms with van der Waals surface area (Å²) >= 11 is 0. The summed E-state index contributed by atoms with van der Waals surface area (Å²) in [6, 6.07) is 0. The van der Waals surface area contributed by atoms with Crippen LogP contribution in [0.5, 0.6) is 0 Å². The second-order valence-electron chi connectivity index (χ2n) is 7.30. The standard InChI is InChI=1S/C19H40O3/c1-9-10-11-12-13-14-15-17(18(4,5)16(2)3)19(20-6,21-7)22-8/h16-17H,9-15H2,1-8H3. The van der Waals surface area contributed by atoms with E-state index in [2.05, 4.69) is 34.6 Å². The SMILES string of the molecule is CCCCCCCCC(C(OC)(OC)OC)C(C)(C)C(C)C. The highest BCUT2D eigenvalue weighted by atomic mass is 16.9. The zero-order valence-electron chi connectivity index (χ0n) is 16.3. The third-order valence-corrected chi connectivity index (χ3v) is 5.51. The molecule has 0 aromatic rings. The molecule has 22 heavy (non-hydrogen) atoms. The van der Waals surface area contributed by atoms with Gasteiger partial charge in [-0.2, -0.15) is 0 Å². The number of hydrogen-bond acceptors (Lipinski definition) is 3. The van der Waals surface area contributed by atoms with Crippen LogP contribution in [0.25, 0.3) is 0 Å². The topological polar surface area (TPSA) is 27.7 Å². The molecule has 0 saturated heterocycles. The molecule has 0 fully saturated rings. The van der Waals surface area contributed by atoms with Crippen LogP contribution in [0.2, 0.25) is 0 Å². The molecule has 0 amide bonds. The van der Waals surface area contributed by atoms with Gasteiger partial charge >= 0.3 is 0 Å². The zero-order valence-corrected chi connectivity index (χ0v) is 16.3. The van der Waals surface area contributed by atoms with Gasteiger partial charge in [0.2, 0.25) is 0 Å². The molecule has 0 aliphatic rings. The molecule has 1 unspecified atom stereocenters. The van der Waals surface area contributed by atoms with Crippen molar-refractivity contribution in [2.24, 2.45) is 17.3 Å². The first-order chi connectivity index (χ1) is 10.3. The van der Waals surface area contributed by atoms with Crippen molar-refractivity contribution in [2.45, 2.75) is 85.5 Å². The van der Waals surface area contributed by atoms with Crippen molar-refractivity contribution in [3.8, 4) is 0 Å². The van der Waals surface area contributed by atoms with Crippen LogP contribution in [0.15, 0.2) is 0 Å². The lowest BCUT2D eigenvalue weighted by atomic mass is 9.67. The average molecular weight is 317 g/mol. The molecular formula is C19H40O3. The van der Waals surface area contributed by atoms with Crippen LogP contribution < -0.4 is 0 Å². The molecule has 0 rings (SSSR count). The van der Waals surface area contributed by atoms with Crippen molar-refractivity contribution < 1.29 is 14.2 Å². The Bertz CT molecular complexity index is 262. The first-order valence-corrected chi connectivity index (χ1v) is 8.97. The van der Waals surface area contributed by atoms with E-state index in [-0.39, 0.29) is 11.3 Å². The Hall–Kier alpha value is -0.120. The fourth-order valence-electron chi connectivity index (χ4n) is 3.21. The van der Waals surface area contributed by atoms with Gasteiger partial charge in [-0.05, 0) is 17.8 Å². The van der Waals surface area contributed by atoms with E-state index < -0.39 is 5.97 Å². The monoisotopic (exact) mass is 316 g/mol. The summed E-state index contributed by atoms with van der Waals surface area (Å²) in [7, 11) is 5.03. The second kappa shape index (κ2) is 10.6. The molecule has 0 N–H and O–H groups in total. The molecule has 0 aliphatic carbocycles. The number of unbranched alkanes of at least 4 members (excludes halogenated alkanes) is 5. The minimum Gasteiger partial charge on any atom is -0.331 e. The Labute approximate surface area is 139 Å². The fourth-order valence-corrected chi connectivity index (χ4v) is 3.21. The highest BCUT2D eigenvalue weighted by molar-refractivity contribution is 4.87. The fraction of sp³-hybridized carbons (Fsp3) is 1.00. The van der Waals surface area contributed by atoms with E-state index in [9.17, 15) is 0 Å². The Balaban J connectivity index is 4.89. The van der Waals surface area contributed by atoms with Gasteiger partial charge in [0.25, 0.3) is 5.97 Å². The molecule has 3 nitrogen and oxygen atoms in total. The molecular weight excluding hydrogens is 276 g/mol. The van der Waals surface area contributed by atoms with Gasteiger partial charge in [0.1, 0.15) is 0 Å². The van der Waals surface area contributed by atoms with Gasteiger partial charge < -0.3 is 14.2 Å². The summed E-state index contributed by atoms with van der Waals surface area (Å²) in [5.41, 5.74) is 0.0748. The maximum Gasteiger partial charge on any atom is 0.285 e. The number of methoxy groups -OCH3 is 3. The lowest BCUT2D eigenvalue weighted by Crippen LogP contribution is -2.51. The first kappa shape index (κ1) is 21.9. The minimum absolute atomic E-state index is 0.0748. The van der Waals surface area contributed by atoms with Crippen LogP contribution in [-0.2, 0) is 14.2 Å². The number of hydrogen-bond donors (Lipinski definition) is 0. The van der Waals surface area contributed by atoms with Crippen molar-refractivity contribution in [1.29, 1.82) is 0 Å². The summed E-state index contributed by atoms with van der Waals surface area (Å²) in [5.74, 6) is -0.222. The van der Waals surface area contributed by atoms with E-state index >= 15 is 0 Å². The van der Waals surface area contributed by atoms with Crippen LogP contribution in [-0.4, -0.2) is 27.3 Å². The largest absolute Gasteiger partial charge is 0.331 e. The van der Waals surface area contributed by atoms with Crippen molar-refractivity contribution in [3.63, 3.8) is 0 Å². The maximum absolute atomic E-state index is 5.69. The van der Waals surface area contributed by atoms with Crippen molar-refractivity contribution in [2.75, 3.05) is 21.3 Å². The Morgan fingerprint density at radius 1 is 0.773 bits per heavy atom. The normalized spacial score (nSPS) is 14.6. The van der Waals surface area contributed by atoms with Gasteiger partial charge in [0, 0.05) is 27.2 Å². The molecule has 1 atom stereocenters. The van der Waals surface area contributed by atoms with Gasteiger partial charge in [-0.15, -0.1) is 0 Å². The van der Waals surface area contributed by atoms with Gasteiger partial charge in [0.05, 0.1) is 0 Å². The lowest BCUT2D eigenvalue weighted by Gasteiger charge is -2.47. The smallest absolute Gasteiger partial charge is 0.285 e. The zero-order chi connectivity index (χ0) is 17.2. The lowest BCUT2D eigenvalue weighted by molar-refractivity contribution is -0.394. The van der Waals surface area contributed by atoms with E-state index in [1.54, 1.807) is 21.3 Å². The molecule has 0 spiro atoms. The van der Waals surface area contributed by atoms with Crippen LogP contribution in [0.1, 0.15) is 79.6 Å². The van der Waals surface area contributed by atoms with Crippen molar-refractivity contribution >= 4 is 0 Å². The predicted octanol–water partition coefficient (Wildman–Crippen LogP) is 5.63. The van der Waals surface area contributed by atoms with E-state index in [0.717, 1.165) is 6.42 Å². The minimum atomic E-state index is -0.947. The number of rotatable bonds is 13. The molecule has 3 heteroatoms. The summed E-state index contributed by atoms with van der Waals surface area (Å²) in [5, 5.41) is 0. The molecule has 0 aromatic carbocycles. The van der Waals surface area contributed by atoms with Gasteiger partial charge in [0.15, 0.2) is 0 Å². The summed E-state index contributed by atoms with van der Waals surface area (Å²) < 4.78 is 17.1. The second-order valence-corrected chi connectivity index (χ2v) is 7.30. The molecule has 0 radical (unpaired) electrons. The third kappa shape index (κ3) is 5.82. The molecule has 134 valence electrons. The van der Waals surface area contributed by atoms with Crippen LogP contribution in [0, 0.1) is 17.3 Å². The molecule has 0 aliphatic heterocycles. The van der Waals surface area contributed by atoms with Crippen molar-refractivity contribution in [1.82, 2.24) is 0 Å². The molecule has 0 bridgehead atoms. The van der Waals surface area contributed by atoms with Crippen molar-refractivity contribution in [3.05, 3.63) is 0 Å². The summed E-state index contributed by atoms with van der Waals surface area (Å²) in [6.45, 7) is 11.4. The highest BCUT2D eigenvalue weighted by Crippen LogP contribution is 2.46. The highest BCUT2D eigenvalue weighted by Gasteiger charge is 2.49. The van der Waals surface area contributed by atoms with E-state index in [0.29, 0.717) is 5.92 Å². The van der Waals surface area contributed by atoms with Gasteiger partial charge in [-0.25, -0.2) is 0 Å². The van der Waals surface area contributed by atoms with Crippen LogP contribution >= 0.6 is 0 Å². The van der Waals surface area contributed by atoms with Crippen LogP contribution in [0.4, 0.5) is 0 Å². The van der Waals surface area contributed by atoms with Crippen LogP contribution in [0.3, 0.4) is 0 Å². The van der Waals surface area contributed by atoms with Gasteiger partial charge in [-0.3, -0.25) is 0 Å².